The monoisotopic (exact) mass is 732 g/mol. The number of aliphatic hydroxyl groups is 3. The average molecular weight is 733 g/mol. The van der Waals surface area contributed by atoms with E-state index in [4.69, 9.17) is 11.6 Å². The highest BCUT2D eigenvalue weighted by atomic mass is 35.5. The highest BCUT2D eigenvalue weighted by Gasteiger charge is 2.49. The summed E-state index contributed by atoms with van der Waals surface area (Å²) in [5.41, 5.74) is 2.42. The number of aliphatic hydroxyl groups excluding tert-OH is 2. The van der Waals surface area contributed by atoms with Crippen LogP contribution < -0.4 is 15.5 Å². The molecule has 2 fully saturated rings. The highest BCUT2D eigenvalue weighted by molar-refractivity contribution is 6.30. The molecule has 3 aromatic carbocycles. The number of rotatable bonds is 15. The van der Waals surface area contributed by atoms with Gasteiger partial charge in [0.05, 0.1) is 17.5 Å². The molecule has 0 spiro atoms. The van der Waals surface area contributed by atoms with Crippen molar-refractivity contribution < 1.29 is 34.5 Å². The SMILES string of the molecule is CC(=O)NCCC1(C(=O)NC(Cc2ccc(N3C(O)C(Cc4ccccc4)N(C(=O)CCC(O)O)C3c3ccc(Cl)cc3)cc2)C(C)=O)CCCC1. The van der Waals surface area contributed by atoms with Crippen LogP contribution in [0.5, 0.6) is 0 Å². The van der Waals surface area contributed by atoms with Gasteiger partial charge in [-0.15, -0.1) is 0 Å². The molecule has 1 saturated carbocycles. The smallest absolute Gasteiger partial charge is 0.226 e. The summed E-state index contributed by atoms with van der Waals surface area (Å²) < 4.78 is 0. The van der Waals surface area contributed by atoms with Crippen molar-refractivity contribution in [3.63, 3.8) is 0 Å². The van der Waals surface area contributed by atoms with Crippen molar-refractivity contribution in [2.45, 2.75) is 102 Å². The highest BCUT2D eigenvalue weighted by Crippen LogP contribution is 2.43. The van der Waals surface area contributed by atoms with E-state index in [1.807, 2.05) is 54.6 Å². The first-order chi connectivity index (χ1) is 24.9. The fourth-order valence-corrected chi connectivity index (χ4v) is 7.70. The lowest BCUT2D eigenvalue weighted by molar-refractivity contribution is -0.137. The molecule has 2 aliphatic rings. The third-order valence-electron chi connectivity index (χ3n) is 10.4. The van der Waals surface area contributed by atoms with Gasteiger partial charge in [-0.1, -0.05) is 79.0 Å². The van der Waals surface area contributed by atoms with Crippen LogP contribution in [0.1, 0.15) is 81.6 Å². The van der Waals surface area contributed by atoms with E-state index in [0.29, 0.717) is 48.5 Å². The van der Waals surface area contributed by atoms with Gasteiger partial charge in [-0.05, 0) is 80.0 Å². The largest absolute Gasteiger partial charge is 0.371 e. The standard InChI is InChI=1S/C40H49ClN4O7/c1-26(46)33(43-39(52)40(20-6-7-21-40)22-23-42-27(2)47)24-29-10-16-32(17-11-29)44-37(30-12-14-31(41)15-13-30)45(35(48)18-19-36(49)50)34(38(44)51)25-28-8-4-3-5-9-28/h3-5,8-17,33-34,36-38,49-51H,6-7,18-25H2,1-2H3,(H,42,47)(H,43,52). The normalized spacial score (nSPS) is 20.2. The molecule has 11 nitrogen and oxygen atoms in total. The van der Waals surface area contributed by atoms with E-state index in [-0.39, 0.29) is 42.8 Å². The maximum Gasteiger partial charge on any atom is 0.226 e. The maximum atomic E-state index is 13.9. The van der Waals surface area contributed by atoms with Crippen LogP contribution in [0.3, 0.4) is 0 Å². The summed E-state index contributed by atoms with van der Waals surface area (Å²) in [5, 5.41) is 37.5. The van der Waals surface area contributed by atoms with Crippen molar-refractivity contribution >= 4 is 40.8 Å². The molecule has 5 N–H and O–H groups in total. The topological polar surface area (TPSA) is 160 Å². The summed E-state index contributed by atoms with van der Waals surface area (Å²) in [6, 6.07) is 22.5. The first kappa shape index (κ1) is 38.9. The van der Waals surface area contributed by atoms with Crippen molar-refractivity contribution in [1.82, 2.24) is 15.5 Å². The van der Waals surface area contributed by atoms with Gasteiger partial charge < -0.3 is 35.8 Å². The number of benzene rings is 3. The van der Waals surface area contributed by atoms with E-state index in [9.17, 15) is 34.5 Å². The Morgan fingerprint density at radius 2 is 1.56 bits per heavy atom. The van der Waals surface area contributed by atoms with Gasteiger partial charge in [-0.2, -0.15) is 0 Å². The molecule has 5 rings (SSSR count). The van der Waals surface area contributed by atoms with E-state index in [2.05, 4.69) is 10.6 Å². The van der Waals surface area contributed by atoms with Crippen LogP contribution in [-0.4, -0.2) is 74.9 Å². The second-order valence-corrected chi connectivity index (χ2v) is 14.5. The van der Waals surface area contributed by atoms with Crippen LogP contribution in [0.2, 0.25) is 5.02 Å². The molecule has 1 aliphatic heterocycles. The number of ketones is 1. The van der Waals surface area contributed by atoms with Crippen molar-refractivity contribution in [3.05, 3.63) is 101 Å². The Labute approximate surface area is 310 Å². The molecule has 0 radical (unpaired) electrons. The molecule has 52 heavy (non-hydrogen) atoms. The van der Waals surface area contributed by atoms with Gasteiger partial charge in [0.1, 0.15) is 12.4 Å². The average Bonchev–Trinajstić information content (AvgIpc) is 3.71. The molecule has 0 aromatic heterocycles. The third-order valence-corrected chi connectivity index (χ3v) is 10.6. The first-order valence-corrected chi connectivity index (χ1v) is 18.3. The van der Waals surface area contributed by atoms with E-state index >= 15 is 0 Å². The van der Waals surface area contributed by atoms with Gasteiger partial charge in [0.25, 0.3) is 0 Å². The molecule has 12 heteroatoms. The van der Waals surface area contributed by atoms with Crippen LogP contribution in [0.4, 0.5) is 5.69 Å². The molecule has 1 heterocycles. The maximum absolute atomic E-state index is 13.9. The second-order valence-electron chi connectivity index (χ2n) is 14.1. The molecule has 1 aliphatic carbocycles. The van der Waals surface area contributed by atoms with Crippen LogP contribution in [-0.2, 0) is 32.0 Å². The van der Waals surface area contributed by atoms with Gasteiger partial charge in [0.2, 0.25) is 17.7 Å². The van der Waals surface area contributed by atoms with Gasteiger partial charge in [-0.3, -0.25) is 19.2 Å². The zero-order valence-electron chi connectivity index (χ0n) is 29.7. The lowest BCUT2D eigenvalue weighted by Crippen LogP contribution is -2.49. The molecule has 4 atom stereocenters. The zero-order valence-corrected chi connectivity index (χ0v) is 30.5. The quantitative estimate of drug-likeness (QED) is 0.144. The molecule has 3 aromatic rings. The van der Waals surface area contributed by atoms with Gasteiger partial charge in [0, 0.05) is 37.0 Å². The predicted octanol–water partition coefficient (Wildman–Crippen LogP) is 4.41. The summed E-state index contributed by atoms with van der Waals surface area (Å²) in [5.74, 6) is -0.825. The molecule has 4 unspecified atom stereocenters. The van der Waals surface area contributed by atoms with Crippen LogP contribution in [0.25, 0.3) is 0 Å². The summed E-state index contributed by atoms with van der Waals surface area (Å²) in [6.45, 7) is 3.31. The summed E-state index contributed by atoms with van der Waals surface area (Å²) in [4.78, 5) is 55.3. The Bertz CT molecular complexity index is 1680. The van der Waals surface area contributed by atoms with Crippen LogP contribution in [0.15, 0.2) is 78.9 Å². The van der Waals surface area contributed by atoms with E-state index in [1.165, 1.54) is 13.8 Å². The number of Topliss-reactive ketones (excluding diaryl/α,β-unsaturated/α-hetero) is 1. The van der Waals surface area contributed by atoms with Crippen molar-refractivity contribution in [1.29, 1.82) is 0 Å². The number of anilines is 1. The number of carbonyl (C=O) groups excluding carboxylic acids is 4. The van der Waals surface area contributed by atoms with Gasteiger partial charge in [0.15, 0.2) is 12.1 Å². The third kappa shape index (κ3) is 9.38. The summed E-state index contributed by atoms with van der Waals surface area (Å²) in [6.07, 6.45) is 0.514. The minimum Gasteiger partial charge on any atom is -0.371 e. The lowest BCUT2D eigenvalue weighted by Gasteiger charge is -2.33. The predicted molar refractivity (Wildman–Crippen MR) is 198 cm³/mol. The molecule has 278 valence electrons. The number of hydrogen-bond donors (Lipinski definition) is 5. The molecular weight excluding hydrogens is 684 g/mol. The lowest BCUT2D eigenvalue weighted by atomic mass is 9.81. The Balaban J connectivity index is 1.42. The molecule has 0 bridgehead atoms. The van der Waals surface area contributed by atoms with Crippen molar-refractivity contribution in [2.24, 2.45) is 5.41 Å². The number of nitrogens with zero attached hydrogens (tertiary/aromatic N) is 2. The zero-order chi connectivity index (χ0) is 37.4. The fraction of sp³-hybridized carbons (Fsp3) is 0.450. The number of nitrogens with one attached hydrogen (secondary N) is 2. The first-order valence-electron chi connectivity index (χ1n) is 18.0. The Kier molecular flexibility index (Phi) is 13.1. The number of halogens is 1. The van der Waals surface area contributed by atoms with E-state index in [1.54, 1.807) is 34.1 Å². The minimum atomic E-state index is -1.65. The number of amides is 3. The fourth-order valence-electron chi connectivity index (χ4n) is 7.57. The van der Waals surface area contributed by atoms with Crippen molar-refractivity contribution in [2.75, 3.05) is 11.4 Å². The second kappa shape index (κ2) is 17.5. The van der Waals surface area contributed by atoms with Gasteiger partial charge >= 0.3 is 0 Å². The molecule has 1 saturated heterocycles. The summed E-state index contributed by atoms with van der Waals surface area (Å²) >= 11 is 6.25. The minimum absolute atomic E-state index is 0.140. The van der Waals surface area contributed by atoms with Crippen LogP contribution >= 0.6 is 11.6 Å². The Morgan fingerprint density at radius 3 is 2.15 bits per heavy atom. The number of hydrogen-bond acceptors (Lipinski definition) is 8. The number of carbonyl (C=O) groups is 4. The Morgan fingerprint density at radius 1 is 0.904 bits per heavy atom. The molecular formula is C40H49ClN4O7. The van der Waals surface area contributed by atoms with E-state index < -0.39 is 36.2 Å². The van der Waals surface area contributed by atoms with Crippen LogP contribution in [0, 0.1) is 5.41 Å². The van der Waals surface area contributed by atoms with Crippen molar-refractivity contribution in [3.8, 4) is 0 Å². The molecule has 3 amide bonds. The summed E-state index contributed by atoms with van der Waals surface area (Å²) in [7, 11) is 0. The van der Waals surface area contributed by atoms with E-state index in [0.717, 1.165) is 24.0 Å². The Hall–Kier alpha value is -4.29. The van der Waals surface area contributed by atoms with Gasteiger partial charge in [-0.25, -0.2) is 0 Å².